The number of thiazole rings is 1. The van der Waals surface area contributed by atoms with Crippen LogP contribution in [0.1, 0.15) is 28.2 Å². The number of primary amides is 1. The number of anilines is 1. The Hall–Kier alpha value is -3.14. The van der Waals surface area contributed by atoms with Crippen molar-refractivity contribution in [3.63, 3.8) is 0 Å². The number of aromatic nitrogens is 4. The molecule has 0 saturated heterocycles. The molecular weight excluding hydrogens is 395 g/mol. The fourth-order valence-electron chi connectivity index (χ4n) is 3.42. The number of carbonyl (C=O) groups excluding carboxylic acids is 1. The van der Waals surface area contributed by atoms with Gasteiger partial charge >= 0.3 is 0 Å². The standard InChI is InChI=1S/C19H19FN6O2S/c1-28-17-15(16(21)27)29-18(24-17)12-5-6-14(26-25-12)23-10-19(8-11(20)9-19)13-4-2-3-7-22-13/h2-7,11H,8-10H2,1H3,(H2,21,27)(H,23,26). The molecule has 0 unspecified atom stereocenters. The average Bonchev–Trinajstić information content (AvgIpc) is 3.16. The number of rotatable bonds is 7. The first-order valence-electron chi connectivity index (χ1n) is 8.99. The summed E-state index contributed by atoms with van der Waals surface area (Å²) in [6.07, 6.45) is 1.76. The summed E-state index contributed by atoms with van der Waals surface area (Å²) in [5.74, 6) is 0.123. The molecule has 3 N–H and O–H groups in total. The van der Waals surface area contributed by atoms with Gasteiger partial charge in [-0.15, -0.1) is 21.5 Å². The Labute approximate surface area is 170 Å². The van der Waals surface area contributed by atoms with Crippen LogP contribution in [0.25, 0.3) is 10.7 Å². The Kier molecular flexibility index (Phi) is 5.10. The number of methoxy groups -OCH3 is 1. The Bertz CT molecular complexity index is 1010. The number of hydrogen-bond acceptors (Lipinski definition) is 8. The van der Waals surface area contributed by atoms with Crippen molar-refractivity contribution in [3.8, 4) is 16.6 Å². The Balaban J connectivity index is 1.48. The van der Waals surface area contributed by atoms with Gasteiger partial charge in [-0.2, -0.15) is 4.98 Å². The van der Waals surface area contributed by atoms with Gasteiger partial charge in [-0.1, -0.05) is 6.07 Å². The highest BCUT2D eigenvalue weighted by atomic mass is 32.1. The molecule has 29 heavy (non-hydrogen) atoms. The van der Waals surface area contributed by atoms with Crippen molar-refractivity contribution in [1.82, 2.24) is 20.2 Å². The van der Waals surface area contributed by atoms with Crippen LogP contribution in [0.5, 0.6) is 5.88 Å². The third-order valence-corrected chi connectivity index (χ3v) is 6.01. The van der Waals surface area contributed by atoms with Crippen LogP contribution < -0.4 is 15.8 Å². The summed E-state index contributed by atoms with van der Waals surface area (Å²) in [5, 5.41) is 12.1. The lowest BCUT2D eigenvalue weighted by molar-refractivity contribution is 0.0993. The van der Waals surface area contributed by atoms with Gasteiger partial charge in [-0.3, -0.25) is 9.78 Å². The lowest BCUT2D eigenvalue weighted by Crippen LogP contribution is -2.48. The lowest BCUT2D eigenvalue weighted by atomic mass is 9.65. The normalized spacial score (nSPS) is 20.7. The zero-order valence-electron chi connectivity index (χ0n) is 15.6. The fourth-order valence-corrected chi connectivity index (χ4v) is 4.27. The van der Waals surface area contributed by atoms with Crippen molar-refractivity contribution in [2.24, 2.45) is 5.73 Å². The summed E-state index contributed by atoms with van der Waals surface area (Å²) in [6, 6.07) is 9.18. The minimum Gasteiger partial charge on any atom is -0.480 e. The van der Waals surface area contributed by atoms with Crippen LogP contribution in [-0.4, -0.2) is 45.9 Å². The van der Waals surface area contributed by atoms with E-state index in [-0.39, 0.29) is 16.2 Å². The molecular formula is C19H19FN6O2S. The molecule has 0 atom stereocenters. The van der Waals surface area contributed by atoms with Crippen molar-refractivity contribution < 1.29 is 13.9 Å². The lowest BCUT2D eigenvalue weighted by Gasteiger charge is -2.43. The van der Waals surface area contributed by atoms with Gasteiger partial charge in [0.25, 0.3) is 5.91 Å². The molecule has 1 aliphatic carbocycles. The molecule has 1 amide bonds. The van der Waals surface area contributed by atoms with Crippen molar-refractivity contribution in [2.45, 2.75) is 24.4 Å². The molecule has 0 aromatic carbocycles. The van der Waals surface area contributed by atoms with E-state index < -0.39 is 12.1 Å². The zero-order valence-corrected chi connectivity index (χ0v) is 16.4. The first-order valence-corrected chi connectivity index (χ1v) is 9.80. The molecule has 0 spiro atoms. The number of hydrogen-bond donors (Lipinski definition) is 2. The van der Waals surface area contributed by atoms with Gasteiger partial charge in [-0.05, 0) is 37.1 Å². The van der Waals surface area contributed by atoms with Crippen LogP contribution in [0.4, 0.5) is 10.2 Å². The number of pyridine rings is 1. The van der Waals surface area contributed by atoms with E-state index in [9.17, 15) is 9.18 Å². The third kappa shape index (κ3) is 3.75. The molecule has 8 nitrogen and oxygen atoms in total. The second-order valence-corrected chi connectivity index (χ2v) is 7.88. The number of nitrogens with one attached hydrogen (secondary N) is 1. The van der Waals surface area contributed by atoms with Crippen molar-refractivity contribution in [3.05, 3.63) is 47.1 Å². The van der Waals surface area contributed by atoms with Gasteiger partial charge in [0.05, 0.1) is 7.11 Å². The van der Waals surface area contributed by atoms with E-state index in [1.807, 2.05) is 18.2 Å². The summed E-state index contributed by atoms with van der Waals surface area (Å²) < 4.78 is 18.7. The van der Waals surface area contributed by atoms with Crippen molar-refractivity contribution in [2.75, 3.05) is 19.0 Å². The molecule has 0 radical (unpaired) electrons. The minimum absolute atomic E-state index is 0.171. The number of ether oxygens (including phenoxy) is 1. The summed E-state index contributed by atoms with van der Waals surface area (Å²) in [4.78, 5) is 20.3. The van der Waals surface area contributed by atoms with Gasteiger partial charge in [0, 0.05) is 23.9 Å². The summed E-state index contributed by atoms with van der Waals surface area (Å²) >= 11 is 1.10. The summed E-state index contributed by atoms with van der Waals surface area (Å²) in [6.45, 7) is 0.509. The molecule has 1 saturated carbocycles. The number of nitrogens with two attached hydrogens (primary N) is 1. The minimum atomic E-state index is -0.813. The smallest absolute Gasteiger partial charge is 0.264 e. The first kappa shape index (κ1) is 19.2. The molecule has 1 fully saturated rings. The number of amides is 1. The van der Waals surface area contributed by atoms with E-state index in [1.165, 1.54) is 7.11 Å². The van der Waals surface area contributed by atoms with Gasteiger partial charge in [0.1, 0.15) is 22.7 Å². The molecule has 0 aliphatic heterocycles. The summed E-state index contributed by atoms with van der Waals surface area (Å²) in [7, 11) is 1.42. The highest BCUT2D eigenvalue weighted by molar-refractivity contribution is 7.17. The van der Waals surface area contributed by atoms with Gasteiger partial charge < -0.3 is 15.8 Å². The van der Waals surface area contributed by atoms with Gasteiger partial charge in [0.2, 0.25) is 5.88 Å². The first-order chi connectivity index (χ1) is 14.0. The van der Waals surface area contributed by atoms with E-state index >= 15 is 0 Å². The SMILES string of the molecule is COc1nc(-c2ccc(NCC3(c4ccccn4)CC(F)C3)nn2)sc1C(N)=O. The molecule has 10 heteroatoms. The molecule has 4 rings (SSSR count). The maximum Gasteiger partial charge on any atom is 0.264 e. The maximum absolute atomic E-state index is 13.7. The maximum atomic E-state index is 13.7. The highest BCUT2D eigenvalue weighted by Crippen LogP contribution is 2.44. The fraction of sp³-hybridized carbons (Fsp3) is 0.316. The van der Waals surface area contributed by atoms with Crippen LogP contribution in [0.3, 0.4) is 0 Å². The van der Waals surface area contributed by atoms with Crippen molar-refractivity contribution >= 4 is 23.1 Å². The molecule has 3 aromatic heterocycles. The predicted octanol–water partition coefficient (Wildman–Crippen LogP) is 2.58. The zero-order chi connectivity index (χ0) is 20.4. The molecule has 0 bridgehead atoms. The Morgan fingerprint density at radius 3 is 2.72 bits per heavy atom. The van der Waals surface area contributed by atoms with Gasteiger partial charge in [-0.25, -0.2) is 4.39 Å². The van der Waals surface area contributed by atoms with E-state index in [1.54, 1.807) is 18.3 Å². The second-order valence-electron chi connectivity index (χ2n) is 6.88. The number of carbonyl (C=O) groups is 1. The summed E-state index contributed by atoms with van der Waals surface area (Å²) in [5.41, 5.74) is 6.36. The monoisotopic (exact) mass is 414 g/mol. The van der Waals surface area contributed by atoms with E-state index in [0.29, 0.717) is 35.9 Å². The average molecular weight is 414 g/mol. The molecule has 3 aromatic rings. The Morgan fingerprint density at radius 1 is 1.34 bits per heavy atom. The van der Waals surface area contributed by atoms with Crippen molar-refractivity contribution in [1.29, 1.82) is 0 Å². The van der Waals surface area contributed by atoms with E-state index in [2.05, 4.69) is 25.5 Å². The van der Waals surface area contributed by atoms with Crippen LogP contribution in [0, 0.1) is 0 Å². The van der Waals surface area contributed by atoms with Crippen LogP contribution >= 0.6 is 11.3 Å². The van der Waals surface area contributed by atoms with E-state index in [0.717, 1.165) is 17.0 Å². The Morgan fingerprint density at radius 2 is 2.17 bits per heavy atom. The quantitative estimate of drug-likeness (QED) is 0.610. The topological polar surface area (TPSA) is 116 Å². The van der Waals surface area contributed by atoms with E-state index in [4.69, 9.17) is 10.5 Å². The third-order valence-electron chi connectivity index (χ3n) is 4.94. The number of halogens is 1. The second kappa shape index (κ2) is 7.70. The largest absolute Gasteiger partial charge is 0.480 e. The number of nitrogens with zero attached hydrogens (tertiary/aromatic N) is 4. The molecule has 3 heterocycles. The van der Waals surface area contributed by atoms with Gasteiger partial charge in [0.15, 0.2) is 4.88 Å². The van der Waals surface area contributed by atoms with Crippen LogP contribution in [0.15, 0.2) is 36.5 Å². The molecule has 150 valence electrons. The van der Waals surface area contributed by atoms with Crippen LogP contribution in [-0.2, 0) is 5.41 Å². The van der Waals surface area contributed by atoms with Crippen LogP contribution in [0.2, 0.25) is 0 Å². The predicted molar refractivity (Wildman–Crippen MR) is 107 cm³/mol. The highest BCUT2D eigenvalue weighted by Gasteiger charge is 2.47. The molecule has 1 aliphatic rings. The number of alkyl halides is 1.